The number of hydrogen-bond acceptors (Lipinski definition) is 10. The average Bonchev–Trinajstić information content (AvgIpc) is 4.10. The number of allylic oxidation sites excluding steroid dienone is 1. The molecule has 3 N–H and O–H groups in total. The second kappa shape index (κ2) is 16.3. The monoisotopic (exact) mass is 878 g/mol. The third-order valence-corrected chi connectivity index (χ3v) is 13.6. The number of nitrogens with zero attached hydrogens (tertiary/aromatic N) is 3. The van der Waals surface area contributed by atoms with Crippen molar-refractivity contribution >= 4 is 55.7 Å². The number of furan rings is 1. The fourth-order valence-electron chi connectivity index (χ4n) is 8.32. The highest BCUT2D eigenvalue weighted by atomic mass is 32.2. The summed E-state index contributed by atoms with van der Waals surface area (Å²) in [6.45, 7) is 5.55. The molecule has 2 saturated carbocycles. The van der Waals surface area contributed by atoms with E-state index in [-0.39, 0.29) is 60.0 Å². The fourth-order valence-corrected chi connectivity index (χ4v) is 9.68. The summed E-state index contributed by atoms with van der Waals surface area (Å²) < 4.78 is 81.2. The van der Waals surface area contributed by atoms with E-state index >= 15 is 0 Å². The summed E-state index contributed by atoms with van der Waals surface area (Å²) in [5.41, 5.74) is -1.66. The molecule has 0 radical (unpaired) electrons. The van der Waals surface area contributed by atoms with Crippen molar-refractivity contribution in [3.05, 3.63) is 66.2 Å². The van der Waals surface area contributed by atoms with Crippen molar-refractivity contribution in [2.24, 2.45) is 11.3 Å². The van der Waals surface area contributed by atoms with Gasteiger partial charge >= 0.3 is 6.18 Å². The Kier molecular flexibility index (Phi) is 11.3. The molecule has 2 aromatic carbocycles. The molecule has 2 aliphatic heterocycles. The van der Waals surface area contributed by atoms with Crippen molar-refractivity contribution in [3.8, 4) is 17.3 Å². The van der Waals surface area contributed by atoms with Crippen molar-refractivity contribution in [2.75, 3.05) is 6.54 Å². The molecule has 0 bridgehead atoms. The van der Waals surface area contributed by atoms with E-state index in [0.29, 0.717) is 48.6 Å². The zero-order valence-corrected chi connectivity index (χ0v) is 35.4. The van der Waals surface area contributed by atoms with Gasteiger partial charge in [0.1, 0.15) is 34.8 Å². The third kappa shape index (κ3) is 9.15. The first-order valence-electron chi connectivity index (χ1n) is 21.0. The maximum Gasteiger partial charge on any atom is 0.416 e. The number of sulfonamides is 1. The molecule has 3 fully saturated rings. The van der Waals surface area contributed by atoms with Crippen LogP contribution in [0.1, 0.15) is 90.5 Å². The van der Waals surface area contributed by atoms with Gasteiger partial charge in [0.15, 0.2) is 5.82 Å². The number of aromatic nitrogens is 2. The fraction of sp³-hybridized carbons (Fsp3) is 0.500. The summed E-state index contributed by atoms with van der Waals surface area (Å²) in [5, 5.41) is 5.67. The van der Waals surface area contributed by atoms with Gasteiger partial charge in [-0.25, -0.2) is 13.4 Å². The molecule has 5 atom stereocenters. The molecule has 4 aliphatic rings. The Morgan fingerprint density at radius 2 is 1.74 bits per heavy atom. The van der Waals surface area contributed by atoms with E-state index in [4.69, 9.17) is 9.15 Å². The van der Waals surface area contributed by atoms with E-state index in [1.165, 1.54) is 17.0 Å². The number of carbonyl (C=O) groups excluding carboxylic acids is 4. The molecule has 4 heterocycles. The lowest BCUT2D eigenvalue weighted by atomic mass is 9.91. The van der Waals surface area contributed by atoms with Crippen LogP contribution < -0.4 is 20.1 Å². The molecule has 8 rings (SSSR count). The molecule has 330 valence electrons. The Labute approximate surface area is 356 Å². The largest absolute Gasteiger partial charge is 0.470 e. The van der Waals surface area contributed by atoms with Gasteiger partial charge in [-0.3, -0.25) is 23.9 Å². The van der Waals surface area contributed by atoms with Crippen LogP contribution in [0.15, 0.2) is 65.1 Å². The molecular formula is C44H49F3N6O8S. The average molecular weight is 879 g/mol. The van der Waals surface area contributed by atoms with E-state index in [1.807, 2.05) is 32.9 Å². The quantitative estimate of drug-likeness (QED) is 0.169. The second-order valence-electron chi connectivity index (χ2n) is 18.1. The zero-order chi connectivity index (χ0) is 44.2. The minimum atomic E-state index is -4.56. The number of alkyl halides is 3. The van der Waals surface area contributed by atoms with Crippen LogP contribution in [0.3, 0.4) is 0 Å². The van der Waals surface area contributed by atoms with Crippen molar-refractivity contribution in [3.63, 3.8) is 0 Å². The predicted octanol–water partition coefficient (Wildman–Crippen LogP) is 6.33. The van der Waals surface area contributed by atoms with E-state index in [1.54, 1.807) is 24.3 Å². The number of carbonyl (C=O) groups is 4. The first-order valence-corrected chi connectivity index (χ1v) is 22.5. The molecule has 4 amide bonds. The molecule has 14 nitrogen and oxygen atoms in total. The SMILES string of the molecule is CC(C)(C)CC(=O)N[C@H]1CCCCC/C=C\[C@@H]2C[C@@]2(C(=O)NS(=O)(=O)C2CC2)NC(=O)[C@@H]2C[C@@H](Oc3nc(-c4ccc(C(F)(F)F)cc4)nc4c3oc3ccccc34)CN2C1=O. The van der Waals surface area contributed by atoms with Crippen LogP contribution in [-0.2, 0) is 35.4 Å². The van der Waals surface area contributed by atoms with Gasteiger partial charge < -0.3 is 24.7 Å². The van der Waals surface area contributed by atoms with Gasteiger partial charge in [0.05, 0.1) is 17.4 Å². The number of ether oxygens (including phenoxy) is 1. The number of hydrogen-bond donors (Lipinski definition) is 3. The molecule has 2 aromatic heterocycles. The van der Waals surface area contributed by atoms with Crippen LogP contribution in [0.4, 0.5) is 13.2 Å². The summed E-state index contributed by atoms with van der Waals surface area (Å²) in [4.78, 5) is 67.1. The number of nitrogens with one attached hydrogen (secondary N) is 3. The summed E-state index contributed by atoms with van der Waals surface area (Å²) in [7, 11) is -3.96. The summed E-state index contributed by atoms with van der Waals surface area (Å²) in [6, 6.07) is 9.12. The minimum absolute atomic E-state index is 0.0398. The van der Waals surface area contributed by atoms with Crippen LogP contribution in [0.5, 0.6) is 5.88 Å². The lowest BCUT2D eigenvalue weighted by Crippen LogP contribution is -2.58. The van der Waals surface area contributed by atoms with E-state index in [9.17, 15) is 40.8 Å². The highest BCUT2D eigenvalue weighted by Gasteiger charge is 2.62. The van der Waals surface area contributed by atoms with Gasteiger partial charge in [0.25, 0.3) is 11.8 Å². The standard InChI is InChI=1S/C44H49F3N6O8S/c1-42(2,3)23-34(54)48-31-13-8-6-4-5-7-11-27-22-43(27,41(57)52-62(58,59)29-19-20-29)51-38(55)32-21-28(24-53(32)40(31)56)60-39-36-35(30-12-9-10-14-33(30)61-36)49-37(50-39)25-15-17-26(18-16-25)44(45,46)47/h7,9-12,14-18,27-29,31-32H,4-6,8,13,19-24H2,1-3H3,(H,48,54)(H,51,55)(H,52,57)/b11-7-/t27-,28-,31+,32+,43-/m1/s1. The highest BCUT2D eigenvalue weighted by Crippen LogP contribution is 2.46. The molecule has 18 heteroatoms. The van der Waals surface area contributed by atoms with Gasteiger partial charge in [-0.1, -0.05) is 70.0 Å². The Hall–Kier alpha value is -5.52. The normalized spacial score (nSPS) is 25.5. The molecule has 0 spiro atoms. The van der Waals surface area contributed by atoms with E-state index < -0.39 is 74.4 Å². The van der Waals surface area contributed by atoms with Gasteiger partial charge in [0, 0.05) is 29.7 Å². The van der Waals surface area contributed by atoms with Crippen LogP contribution in [0.25, 0.3) is 33.5 Å². The number of benzene rings is 2. The predicted molar refractivity (Wildman–Crippen MR) is 222 cm³/mol. The second-order valence-corrected chi connectivity index (χ2v) is 20.0. The molecule has 0 unspecified atom stereocenters. The van der Waals surface area contributed by atoms with Crippen LogP contribution in [-0.4, -0.2) is 82.4 Å². The molecule has 2 aliphatic carbocycles. The Morgan fingerprint density at radius 1 is 1.00 bits per heavy atom. The van der Waals surface area contributed by atoms with Crippen molar-refractivity contribution in [1.82, 2.24) is 30.2 Å². The minimum Gasteiger partial charge on any atom is -0.470 e. The molecular weight excluding hydrogens is 830 g/mol. The maximum absolute atomic E-state index is 14.7. The zero-order valence-electron chi connectivity index (χ0n) is 34.6. The third-order valence-electron chi connectivity index (χ3n) is 11.8. The van der Waals surface area contributed by atoms with Gasteiger partial charge in [-0.15, -0.1) is 0 Å². The molecule has 1 saturated heterocycles. The Balaban J connectivity index is 1.15. The Bertz CT molecular complexity index is 2550. The maximum atomic E-state index is 14.7. The van der Waals surface area contributed by atoms with Crippen LogP contribution >= 0.6 is 0 Å². The van der Waals surface area contributed by atoms with E-state index in [0.717, 1.165) is 25.0 Å². The summed E-state index contributed by atoms with van der Waals surface area (Å²) in [6.07, 6.45) is 2.32. The first-order chi connectivity index (χ1) is 29.3. The number of amides is 4. The molecule has 62 heavy (non-hydrogen) atoms. The van der Waals surface area contributed by atoms with Gasteiger partial charge in [-0.2, -0.15) is 18.2 Å². The number of para-hydroxylation sites is 1. The van der Waals surface area contributed by atoms with Gasteiger partial charge in [-0.05, 0) is 68.2 Å². The number of fused-ring (bicyclic) bond motifs is 5. The number of halogens is 3. The lowest BCUT2D eigenvalue weighted by Gasteiger charge is -2.30. The van der Waals surface area contributed by atoms with Crippen molar-refractivity contribution in [2.45, 2.75) is 120 Å². The molecule has 4 aromatic rings. The number of rotatable bonds is 8. The lowest BCUT2D eigenvalue weighted by molar-refractivity contribution is -0.142. The van der Waals surface area contributed by atoms with Crippen LogP contribution in [0.2, 0.25) is 0 Å². The Morgan fingerprint density at radius 3 is 2.45 bits per heavy atom. The summed E-state index contributed by atoms with van der Waals surface area (Å²) in [5.74, 6) is -2.97. The van der Waals surface area contributed by atoms with E-state index in [2.05, 4.69) is 25.3 Å². The van der Waals surface area contributed by atoms with Crippen molar-refractivity contribution in [1.29, 1.82) is 0 Å². The van der Waals surface area contributed by atoms with Crippen LogP contribution in [0, 0.1) is 11.3 Å². The topological polar surface area (TPSA) is 190 Å². The van der Waals surface area contributed by atoms with Crippen molar-refractivity contribution < 1.29 is 49.9 Å². The summed E-state index contributed by atoms with van der Waals surface area (Å²) >= 11 is 0. The first kappa shape index (κ1) is 43.1. The smallest absolute Gasteiger partial charge is 0.416 e. The highest BCUT2D eigenvalue weighted by molar-refractivity contribution is 7.91. The van der Waals surface area contributed by atoms with Gasteiger partial charge in [0.2, 0.25) is 33.3 Å².